The maximum Gasteiger partial charge on any atom is 0.231 e. The number of nitrogens with one attached hydrogen (secondary N) is 1. The van der Waals surface area contributed by atoms with Crippen molar-refractivity contribution in [2.75, 3.05) is 11.9 Å². The minimum absolute atomic E-state index is 0.0977. The van der Waals surface area contributed by atoms with E-state index in [1.807, 2.05) is 12.1 Å². The van der Waals surface area contributed by atoms with Gasteiger partial charge in [0.2, 0.25) is 5.91 Å². The lowest BCUT2D eigenvalue weighted by molar-refractivity contribution is -0.123. The first-order valence-corrected chi connectivity index (χ1v) is 5.21. The fourth-order valence-electron chi connectivity index (χ4n) is 1.16. The van der Waals surface area contributed by atoms with Crippen LogP contribution in [0.15, 0.2) is 24.3 Å². The van der Waals surface area contributed by atoms with Gasteiger partial charge < -0.3 is 16.2 Å². The zero-order valence-electron chi connectivity index (χ0n) is 9.66. The Bertz CT molecular complexity index is 375. The molecular formula is C12H18N2O2. The van der Waals surface area contributed by atoms with Crippen molar-refractivity contribution in [2.24, 2.45) is 11.1 Å². The summed E-state index contributed by atoms with van der Waals surface area (Å²) in [5, 5.41) is 11.9. The topological polar surface area (TPSA) is 75.4 Å². The molecule has 1 aromatic carbocycles. The van der Waals surface area contributed by atoms with Gasteiger partial charge in [-0.05, 0) is 19.9 Å². The first-order chi connectivity index (χ1) is 7.51. The van der Waals surface area contributed by atoms with E-state index in [-0.39, 0.29) is 19.1 Å². The molecule has 0 aliphatic heterocycles. The third-order valence-corrected chi connectivity index (χ3v) is 2.56. The Morgan fingerprint density at radius 3 is 2.62 bits per heavy atom. The van der Waals surface area contributed by atoms with Gasteiger partial charge in [0, 0.05) is 17.8 Å². The monoisotopic (exact) mass is 222 g/mol. The zero-order chi connectivity index (χ0) is 12.2. The Hall–Kier alpha value is -1.39. The smallest absolute Gasteiger partial charge is 0.231 e. The number of carbonyl (C=O) groups is 1. The third kappa shape index (κ3) is 2.81. The van der Waals surface area contributed by atoms with Gasteiger partial charge in [-0.25, -0.2) is 0 Å². The fraction of sp³-hybridized carbons (Fsp3) is 0.417. The summed E-state index contributed by atoms with van der Waals surface area (Å²) in [6.45, 7) is 3.74. The van der Waals surface area contributed by atoms with Crippen LogP contribution in [0.4, 0.5) is 5.69 Å². The molecule has 0 radical (unpaired) electrons. The van der Waals surface area contributed by atoms with Gasteiger partial charge in [-0.15, -0.1) is 0 Å². The van der Waals surface area contributed by atoms with Crippen LogP contribution in [0.25, 0.3) is 0 Å². The van der Waals surface area contributed by atoms with Crippen molar-refractivity contribution in [3.8, 4) is 0 Å². The lowest BCUT2D eigenvalue weighted by Crippen LogP contribution is -2.37. The maximum atomic E-state index is 11.9. The fourth-order valence-corrected chi connectivity index (χ4v) is 1.16. The third-order valence-electron chi connectivity index (χ3n) is 2.56. The van der Waals surface area contributed by atoms with Crippen molar-refractivity contribution in [1.82, 2.24) is 0 Å². The van der Waals surface area contributed by atoms with Crippen LogP contribution in [-0.4, -0.2) is 17.6 Å². The van der Waals surface area contributed by atoms with Gasteiger partial charge in [-0.2, -0.15) is 0 Å². The van der Waals surface area contributed by atoms with E-state index in [2.05, 4.69) is 5.32 Å². The molecule has 4 heteroatoms. The largest absolute Gasteiger partial charge is 0.392 e. The van der Waals surface area contributed by atoms with Gasteiger partial charge in [-0.3, -0.25) is 4.79 Å². The molecule has 1 aromatic rings. The SMILES string of the molecule is CC(C)(CN)C(=O)Nc1ccccc1CO. The van der Waals surface area contributed by atoms with Crippen molar-refractivity contribution in [2.45, 2.75) is 20.5 Å². The maximum absolute atomic E-state index is 11.9. The molecular weight excluding hydrogens is 204 g/mol. The second kappa shape index (κ2) is 5.09. The van der Waals surface area contributed by atoms with Gasteiger partial charge in [0.1, 0.15) is 0 Å². The number of nitrogens with two attached hydrogens (primary N) is 1. The molecule has 0 aromatic heterocycles. The van der Waals surface area contributed by atoms with Crippen molar-refractivity contribution < 1.29 is 9.90 Å². The molecule has 88 valence electrons. The molecule has 1 rings (SSSR count). The second-order valence-corrected chi connectivity index (χ2v) is 4.36. The molecule has 0 atom stereocenters. The van der Waals surface area contributed by atoms with Crippen molar-refractivity contribution >= 4 is 11.6 Å². The summed E-state index contributed by atoms with van der Waals surface area (Å²) in [4.78, 5) is 11.9. The van der Waals surface area contributed by atoms with E-state index < -0.39 is 5.41 Å². The van der Waals surface area contributed by atoms with Crippen LogP contribution in [-0.2, 0) is 11.4 Å². The summed E-state index contributed by atoms with van der Waals surface area (Å²) in [7, 11) is 0. The van der Waals surface area contributed by atoms with Gasteiger partial charge in [0.25, 0.3) is 0 Å². The Kier molecular flexibility index (Phi) is 4.04. The van der Waals surface area contributed by atoms with E-state index in [1.54, 1.807) is 26.0 Å². The van der Waals surface area contributed by atoms with Crippen LogP contribution >= 0.6 is 0 Å². The predicted octanol–water partition coefficient (Wildman–Crippen LogP) is 1.10. The number of hydrogen-bond acceptors (Lipinski definition) is 3. The minimum atomic E-state index is -0.609. The number of para-hydroxylation sites is 1. The normalized spacial score (nSPS) is 11.2. The zero-order valence-corrected chi connectivity index (χ0v) is 9.66. The molecule has 4 nitrogen and oxygen atoms in total. The van der Waals surface area contributed by atoms with Crippen molar-refractivity contribution in [3.05, 3.63) is 29.8 Å². The van der Waals surface area contributed by atoms with E-state index in [0.29, 0.717) is 11.3 Å². The van der Waals surface area contributed by atoms with Gasteiger partial charge in [0.05, 0.1) is 12.0 Å². The Balaban J connectivity index is 2.85. The van der Waals surface area contributed by atoms with Crippen LogP contribution in [0.3, 0.4) is 0 Å². The molecule has 0 bridgehead atoms. The van der Waals surface area contributed by atoms with Crippen LogP contribution in [0, 0.1) is 5.41 Å². The summed E-state index contributed by atoms with van der Waals surface area (Å²) < 4.78 is 0. The highest BCUT2D eigenvalue weighted by atomic mass is 16.3. The molecule has 0 saturated carbocycles. The minimum Gasteiger partial charge on any atom is -0.392 e. The molecule has 0 unspecified atom stereocenters. The Morgan fingerprint density at radius 1 is 1.44 bits per heavy atom. The summed E-state index contributed by atoms with van der Waals surface area (Å²) in [6.07, 6.45) is 0. The average molecular weight is 222 g/mol. The van der Waals surface area contributed by atoms with E-state index in [9.17, 15) is 4.79 Å². The highest BCUT2D eigenvalue weighted by molar-refractivity contribution is 5.95. The molecule has 1 amide bonds. The van der Waals surface area contributed by atoms with E-state index in [4.69, 9.17) is 10.8 Å². The van der Waals surface area contributed by atoms with Crippen molar-refractivity contribution in [3.63, 3.8) is 0 Å². The number of aliphatic hydroxyl groups is 1. The number of hydrogen-bond donors (Lipinski definition) is 3. The summed E-state index contributed by atoms with van der Waals surface area (Å²) >= 11 is 0. The summed E-state index contributed by atoms with van der Waals surface area (Å²) in [5.41, 5.74) is 6.25. The molecule has 4 N–H and O–H groups in total. The second-order valence-electron chi connectivity index (χ2n) is 4.36. The van der Waals surface area contributed by atoms with Crippen LogP contribution in [0.2, 0.25) is 0 Å². The molecule has 0 fully saturated rings. The van der Waals surface area contributed by atoms with Crippen molar-refractivity contribution in [1.29, 1.82) is 0 Å². The van der Waals surface area contributed by atoms with Crippen LogP contribution < -0.4 is 11.1 Å². The predicted molar refractivity (Wildman–Crippen MR) is 63.8 cm³/mol. The van der Waals surface area contributed by atoms with E-state index in [0.717, 1.165) is 0 Å². The molecule has 0 spiro atoms. The number of benzene rings is 1. The Morgan fingerprint density at radius 2 is 2.06 bits per heavy atom. The molecule has 0 heterocycles. The first kappa shape index (κ1) is 12.7. The Labute approximate surface area is 95.5 Å². The first-order valence-electron chi connectivity index (χ1n) is 5.21. The van der Waals surface area contributed by atoms with E-state index >= 15 is 0 Å². The number of carbonyl (C=O) groups excluding carboxylic acids is 1. The molecule has 0 aliphatic carbocycles. The summed E-state index contributed by atoms with van der Waals surface area (Å²) in [5.74, 6) is -0.143. The van der Waals surface area contributed by atoms with Crippen LogP contribution in [0.5, 0.6) is 0 Å². The molecule has 0 aliphatic rings. The number of rotatable bonds is 4. The lowest BCUT2D eigenvalue weighted by atomic mass is 9.92. The summed E-state index contributed by atoms with van der Waals surface area (Å²) in [6, 6.07) is 7.15. The van der Waals surface area contributed by atoms with Gasteiger partial charge in [-0.1, -0.05) is 18.2 Å². The van der Waals surface area contributed by atoms with Gasteiger partial charge in [0.15, 0.2) is 0 Å². The molecule has 0 saturated heterocycles. The average Bonchev–Trinajstić information content (AvgIpc) is 2.29. The number of aliphatic hydroxyl groups excluding tert-OH is 1. The highest BCUT2D eigenvalue weighted by Crippen LogP contribution is 2.20. The highest BCUT2D eigenvalue weighted by Gasteiger charge is 2.26. The standard InChI is InChI=1S/C12H18N2O2/c1-12(2,8-13)11(16)14-10-6-4-3-5-9(10)7-15/h3-6,15H,7-8,13H2,1-2H3,(H,14,16). The quantitative estimate of drug-likeness (QED) is 0.714. The number of amides is 1. The van der Waals surface area contributed by atoms with Gasteiger partial charge >= 0.3 is 0 Å². The van der Waals surface area contributed by atoms with Crippen LogP contribution in [0.1, 0.15) is 19.4 Å². The number of anilines is 1. The lowest BCUT2D eigenvalue weighted by Gasteiger charge is -2.22. The van der Waals surface area contributed by atoms with E-state index in [1.165, 1.54) is 0 Å². The molecule has 16 heavy (non-hydrogen) atoms.